The van der Waals surface area contributed by atoms with Crippen molar-refractivity contribution in [2.45, 2.75) is 19.4 Å². The number of para-hydroxylation sites is 3. The van der Waals surface area contributed by atoms with Crippen LogP contribution in [0.25, 0.3) is 21.9 Å². The zero-order chi connectivity index (χ0) is 17.2. The monoisotopic (exact) mass is 332 g/mol. The molecule has 126 valence electrons. The highest BCUT2D eigenvalue weighted by Crippen LogP contribution is 2.19. The van der Waals surface area contributed by atoms with Gasteiger partial charge in [0, 0.05) is 30.6 Å². The van der Waals surface area contributed by atoms with Gasteiger partial charge in [-0.2, -0.15) is 0 Å². The van der Waals surface area contributed by atoms with Gasteiger partial charge in [0.25, 0.3) is 0 Å². The lowest BCUT2D eigenvalue weighted by molar-refractivity contribution is -0.121. The Morgan fingerprint density at radius 1 is 1.16 bits per heavy atom. The van der Waals surface area contributed by atoms with Crippen molar-refractivity contribution in [1.29, 1.82) is 0 Å². The SMILES string of the molecule is Cn1c(CNC(=O)CCc2c[nH]c3ccccc23)nc2ccccc21. The number of H-pyrrole nitrogens is 1. The number of fused-ring (bicyclic) bond motifs is 2. The number of benzene rings is 2. The number of rotatable bonds is 5. The Morgan fingerprint density at radius 3 is 2.84 bits per heavy atom. The molecule has 0 saturated carbocycles. The summed E-state index contributed by atoms with van der Waals surface area (Å²) in [6, 6.07) is 16.1. The number of imidazole rings is 1. The first-order valence-corrected chi connectivity index (χ1v) is 8.44. The predicted octanol–water partition coefficient (Wildman–Crippen LogP) is 3.30. The molecule has 0 atom stereocenters. The number of aryl methyl sites for hydroxylation is 2. The van der Waals surface area contributed by atoms with Gasteiger partial charge in [-0.25, -0.2) is 4.98 Å². The third-order valence-corrected chi connectivity index (χ3v) is 4.62. The molecule has 4 aromatic rings. The first kappa shape index (κ1) is 15.4. The maximum Gasteiger partial charge on any atom is 0.220 e. The fourth-order valence-electron chi connectivity index (χ4n) is 3.21. The van der Waals surface area contributed by atoms with Gasteiger partial charge in [0.15, 0.2) is 0 Å². The van der Waals surface area contributed by atoms with Gasteiger partial charge in [-0.3, -0.25) is 4.79 Å². The van der Waals surface area contributed by atoms with Crippen LogP contribution in [0.4, 0.5) is 0 Å². The van der Waals surface area contributed by atoms with Crippen LogP contribution >= 0.6 is 0 Å². The summed E-state index contributed by atoms with van der Waals surface area (Å²) >= 11 is 0. The van der Waals surface area contributed by atoms with Crippen LogP contribution in [0.5, 0.6) is 0 Å². The number of nitrogens with one attached hydrogen (secondary N) is 2. The summed E-state index contributed by atoms with van der Waals surface area (Å²) in [5.41, 5.74) is 4.31. The molecule has 5 heteroatoms. The van der Waals surface area contributed by atoms with E-state index in [0.717, 1.165) is 28.8 Å². The highest BCUT2D eigenvalue weighted by molar-refractivity contribution is 5.84. The number of carbonyl (C=O) groups is 1. The van der Waals surface area contributed by atoms with Gasteiger partial charge in [-0.15, -0.1) is 0 Å². The van der Waals surface area contributed by atoms with Gasteiger partial charge >= 0.3 is 0 Å². The van der Waals surface area contributed by atoms with Crippen LogP contribution in [0.1, 0.15) is 17.8 Å². The van der Waals surface area contributed by atoms with E-state index >= 15 is 0 Å². The summed E-state index contributed by atoms with van der Waals surface area (Å²) in [6.45, 7) is 0.442. The van der Waals surface area contributed by atoms with Crippen LogP contribution in [0.3, 0.4) is 0 Å². The zero-order valence-electron chi connectivity index (χ0n) is 14.1. The number of aromatic nitrogens is 3. The number of aromatic amines is 1. The van der Waals surface area contributed by atoms with Crippen LogP contribution in [0.2, 0.25) is 0 Å². The number of amides is 1. The highest BCUT2D eigenvalue weighted by atomic mass is 16.1. The van der Waals surface area contributed by atoms with E-state index in [1.165, 1.54) is 10.9 Å². The van der Waals surface area contributed by atoms with Gasteiger partial charge in [-0.1, -0.05) is 30.3 Å². The van der Waals surface area contributed by atoms with E-state index in [9.17, 15) is 4.79 Å². The van der Waals surface area contributed by atoms with Crippen LogP contribution in [-0.4, -0.2) is 20.4 Å². The number of nitrogens with zero attached hydrogens (tertiary/aromatic N) is 2. The van der Waals surface area contributed by atoms with E-state index in [1.54, 1.807) is 0 Å². The lowest BCUT2D eigenvalue weighted by Crippen LogP contribution is -2.24. The summed E-state index contributed by atoms with van der Waals surface area (Å²) in [5.74, 6) is 0.902. The first-order valence-electron chi connectivity index (χ1n) is 8.44. The Kier molecular flexibility index (Phi) is 3.98. The molecule has 0 radical (unpaired) electrons. The van der Waals surface area contributed by atoms with Crippen molar-refractivity contribution in [1.82, 2.24) is 19.9 Å². The van der Waals surface area contributed by atoms with Gasteiger partial charge < -0.3 is 14.9 Å². The van der Waals surface area contributed by atoms with Gasteiger partial charge in [0.1, 0.15) is 5.82 Å². The van der Waals surface area contributed by atoms with E-state index in [2.05, 4.69) is 21.4 Å². The van der Waals surface area contributed by atoms with Crippen molar-refractivity contribution < 1.29 is 4.79 Å². The molecule has 1 amide bonds. The van der Waals surface area contributed by atoms with Crippen LogP contribution in [0, 0.1) is 0 Å². The molecule has 5 nitrogen and oxygen atoms in total. The molecular weight excluding hydrogens is 312 g/mol. The second kappa shape index (κ2) is 6.43. The van der Waals surface area contributed by atoms with Crippen LogP contribution in [-0.2, 0) is 24.8 Å². The second-order valence-electron chi connectivity index (χ2n) is 6.21. The number of hydrogen-bond acceptors (Lipinski definition) is 2. The summed E-state index contributed by atoms with van der Waals surface area (Å²) in [4.78, 5) is 20.0. The lowest BCUT2D eigenvalue weighted by atomic mass is 10.1. The second-order valence-corrected chi connectivity index (χ2v) is 6.21. The average molecular weight is 332 g/mol. The maximum atomic E-state index is 12.2. The largest absolute Gasteiger partial charge is 0.361 e. The Hall–Kier alpha value is -3.08. The van der Waals surface area contributed by atoms with Crippen molar-refractivity contribution in [2.75, 3.05) is 0 Å². The summed E-state index contributed by atoms with van der Waals surface area (Å²) < 4.78 is 2.02. The Balaban J connectivity index is 1.38. The van der Waals surface area contributed by atoms with E-state index < -0.39 is 0 Å². The zero-order valence-corrected chi connectivity index (χ0v) is 14.1. The molecule has 0 aliphatic carbocycles. The molecule has 2 N–H and O–H groups in total. The van der Waals surface area contributed by atoms with Crippen LogP contribution in [0.15, 0.2) is 54.7 Å². The summed E-state index contributed by atoms with van der Waals surface area (Å²) in [5, 5.41) is 4.16. The van der Waals surface area contributed by atoms with E-state index in [1.807, 2.05) is 60.3 Å². The highest BCUT2D eigenvalue weighted by Gasteiger charge is 2.10. The molecule has 0 spiro atoms. The molecule has 2 aromatic carbocycles. The first-order chi connectivity index (χ1) is 12.2. The van der Waals surface area contributed by atoms with E-state index in [0.29, 0.717) is 13.0 Å². The standard InChI is InChI=1S/C20H20N4O/c1-24-18-9-5-4-8-17(18)23-19(24)13-22-20(25)11-10-14-12-21-16-7-3-2-6-15(14)16/h2-9,12,21H,10-11,13H2,1H3,(H,22,25). The predicted molar refractivity (Wildman–Crippen MR) is 99.2 cm³/mol. The molecule has 0 saturated heterocycles. The fourth-order valence-corrected chi connectivity index (χ4v) is 3.21. The van der Waals surface area contributed by atoms with E-state index in [4.69, 9.17) is 0 Å². The molecule has 25 heavy (non-hydrogen) atoms. The quantitative estimate of drug-likeness (QED) is 0.589. The third-order valence-electron chi connectivity index (χ3n) is 4.62. The Labute approximate surface area is 145 Å². The minimum atomic E-state index is 0.0392. The van der Waals surface area contributed by atoms with Crippen molar-refractivity contribution in [3.63, 3.8) is 0 Å². The summed E-state index contributed by atoms with van der Waals surface area (Å²) in [6.07, 6.45) is 3.17. The van der Waals surface area contributed by atoms with Crippen molar-refractivity contribution in [3.05, 3.63) is 66.1 Å². The topological polar surface area (TPSA) is 62.7 Å². The molecule has 2 heterocycles. The molecule has 0 aliphatic heterocycles. The molecule has 0 fully saturated rings. The minimum Gasteiger partial charge on any atom is -0.361 e. The molecular formula is C20H20N4O. The summed E-state index contributed by atoms with van der Waals surface area (Å²) in [7, 11) is 1.97. The van der Waals surface area contributed by atoms with Gasteiger partial charge in [0.2, 0.25) is 5.91 Å². The average Bonchev–Trinajstić information content (AvgIpc) is 3.20. The van der Waals surface area contributed by atoms with Crippen molar-refractivity contribution in [3.8, 4) is 0 Å². The molecule has 0 bridgehead atoms. The third kappa shape index (κ3) is 3.01. The van der Waals surface area contributed by atoms with Crippen LogP contribution < -0.4 is 5.32 Å². The minimum absolute atomic E-state index is 0.0392. The maximum absolute atomic E-state index is 12.2. The Bertz CT molecular complexity index is 1040. The molecule has 0 unspecified atom stereocenters. The lowest BCUT2D eigenvalue weighted by Gasteiger charge is -2.05. The number of hydrogen-bond donors (Lipinski definition) is 2. The number of carbonyl (C=O) groups excluding carboxylic acids is 1. The molecule has 0 aliphatic rings. The van der Waals surface area contributed by atoms with Crippen molar-refractivity contribution >= 4 is 27.8 Å². The van der Waals surface area contributed by atoms with Gasteiger partial charge in [0.05, 0.1) is 17.6 Å². The normalized spacial score (nSPS) is 11.2. The smallest absolute Gasteiger partial charge is 0.220 e. The molecule has 2 aromatic heterocycles. The van der Waals surface area contributed by atoms with E-state index in [-0.39, 0.29) is 5.91 Å². The molecule has 4 rings (SSSR count). The van der Waals surface area contributed by atoms with Crippen molar-refractivity contribution in [2.24, 2.45) is 7.05 Å². The van der Waals surface area contributed by atoms with Gasteiger partial charge in [-0.05, 0) is 30.2 Å². The fraction of sp³-hybridized carbons (Fsp3) is 0.200. The Morgan fingerprint density at radius 2 is 1.96 bits per heavy atom.